The summed E-state index contributed by atoms with van der Waals surface area (Å²) < 4.78 is 0. The number of carbonyl (C=O) groups is 4. The van der Waals surface area contributed by atoms with Crippen LogP contribution in [-0.4, -0.2) is 108 Å². The number of fused-ring (bicyclic) bond motifs is 2. The Balaban J connectivity index is 0.000000321. The van der Waals surface area contributed by atoms with Crippen molar-refractivity contribution in [3.8, 4) is 0 Å². The zero-order valence-corrected chi connectivity index (χ0v) is 30.8. The largest absolute Gasteiger partial charge is 2.00 e. The summed E-state index contributed by atoms with van der Waals surface area (Å²) in [6.45, 7) is 3.26. The minimum Gasteiger partial charge on any atom is -0.550 e. The van der Waals surface area contributed by atoms with Crippen molar-refractivity contribution in [2.24, 2.45) is 35.5 Å². The number of hydrogen-bond acceptors (Lipinski definition) is 6. The number of benzene rings is 2. The Bertz CT molecular complexity index is 1200. The number of carboxylic acid groups (broad SMARTS) is 2. The van der Waals surface area contributed by atoms with Crippen LogP contribution in [0.4, 0.5) is 0 Å². The molecule has 2 aliphatic carbocycles. The topological polar surface area (TPSA) is 184 Å². The van der Waals surface area contributed by atoms with Gasteiger partial charge in [0.25, 0.3) is 0 Å². The van der Waals surface area contributed by atoms with Gasteiger partial charge in [0.05, 0.1) is 0 Å². The molecule has 2 aromatic carbocycles. The molecule has 4 aliphatic rings. The fraction of sp³-hybridized carbons (Fsp3) is 0.579. The molecule has 0 unspecified atom stereocenters. The van der Waals surface area contributed by atoms with Crippen LogP contribution >= 0.6 is 0 Å². The quantitative estimate of drug-likeness (QED) is 0.335. The third-order valence-electron chi connectivity index (χ3n) is 10.8. The molecule has 4 fully saturated rings. The molecule has 2 aromatic rings. The molecule has 0 bridgehead atoms. The van der Waals surface area contributed by atoms with E-state index in [1.807, 2.05) is 70.5 Å². The Labute approximate surface area is 320 Å². The third-order valence-corrected chi connectivity index (χ3v) is 10.8. The summed E-state index contributed by atoms with van der Waals surface area (Å²) in [7, 11) is 0. The Hall–Kier alpha value is -2.50. The van der Waals surface area contributed by atoms with Gasteiger partial charge in [0.15, 0.2) is 0 Å². The van der Waals surface area contributed by atoms with Gasteiger partial charge in [-0.2, -0.15) is 0 Å². The van der Waals surface area contributed by atoms with E-state index in [-0.39, 0.29) is 73.3 Å². The first-order valence-corrected chi connectivity index (χ1v) is 17.3. The second kappa shape index (κ2) is 21.0. The van der Waals surface area contributed by atoms with Gasteiger partial charge >= 0.3 is 37.7 Å². The normalized spacial score (nSPS) is 23.4. The van der Waals surface area contributed by atoms with E-state index in [0.717, 1.165) is 37.3 Å². The smallest absolute Gasteiger partial charge is 0.550 e. The van der Waals surface area contributed by atoms with Gasteiger partial charge in [0.1, 0.15) is 0 Å². The van der Waals surface area contributed by atoms with Crippen LogP contribution in [0.2, 0.25) is 0 Å². The number of amides is 2. The number of nitrogens with zero attached hydrogens (tertiary/aromatic N) is 2. The first kappa shape index (κ1) is 42.7. The second-order valence-electron chi connectivity index (χ2n) is 14.0. The van der Waals surface area contributed by atoms with E-state index in [1.165, 1.54) is 51.4 Å². The van der Waals surface area contributed by atoms with Crippen LogP contribution in [0, 0.1) is 35.5 Å². The molecule has 2 aliphatic heterocycles. The van der Waals surface area contributed by atoms with Gasteiger partial charge < -0.3 is 40.6 Å². The number of carboxylic acids is 2. The SMILES string of the molecule is O.O.O=C([O-])[C@H](CC(=O)N1C[C@H]2CCCC[C@H]2C1)Cc1ccccc1.O=C([O-])[C@H](CC(=O)N1C[C@H]2CCCC[C@H]2C1)Cc1ccccc1.[Ca+2]. The first-order chi connectivity index (χ1) is 22.3. The van der Waals surface area contributed by atoms with Crippen molar-refractivity contribution in [2.75, 3.05) is 26.2 Å². The third kappa shape index (κ3) is 12.3. The summed E-state index contributed by atoms with van der Waals surface area (Å²) >= 11 is 0. The number of carbonyl (C=O) groups excluding carboxylic acids is 4. The van der Waals surface area contributed by atoms with Crippen molar-refractivity contribution < 1.29 is 40.3 Å². The van der Waals surface area contributed by atoms with E-state index < -0.39 is 23.8 Å². The van der Waals surface area contributed by atoms with E-state index in [4.69, 9.17) is 0 Å². The predicted octanol–water partition coefficient (Wildman–Crippen LogP) is 1.24. The van der Waals surface area contributed by atoms with E-state index in [0.29, 0.717) is 36.5 Å². The van der Waals surface area contributed by atoms with Crippen molar-refractivity contribution in [3.05, 3.63) is 71.8 Å². The second-order valence-corrected chi connectivity index (χ2v) is 14.0. The average molecular weight is 705 g/mol. The first-order valence-electron chi connectivity index (χ1n) is 17.3. The molecule has 0 spiro atoms. The molecule has 6 atom stereocenters. The van der Waals surface area contributed by atoms with Crippen molar-refractivity contribution in [1.82, 2.24) is 9.80 Å². The van der Waals surface area contributed by atoms with Crippen molar-refractivity contribution in [2.45, 2.75) is 77.0 Å². The number of likely N-dealkylation sites (tertiary alicyclic amines) is 2. The zero-order valence-electron chi connectivity index (χ0n) is 28.6. The number of aliphatic carboxylic acids is 2. The van der Waals surface area contributed by atoms with Gasteiger partial charge in [0.2, 0.25) is 11.8 Å². The van der Waals surface area contributed by atoms with Crippen LogP contribution < -0.4 is 10.2 Å². The summed E-state index contributed by atoms with van der Waals surface area (Å²) in [5.41, 5.74) is 1.87. The predicted molar refractivity (Wildman–Crippen MR) is 184 cm³/mol. The van der Waals surface area contributed by atoms with Gasteiger partial charge in [-0.1, -0.05) is 86.3 Å². The molecule has 10 nitrogen and oxygen atoms in total. The Morgan fingerprint density at radius 1 is 0.551 bits per heavy atom. The molecule has 2 saturated heterocycles. The average Bonchev–Trinajstić information content (AvgIpc) is 3.70. The molecule has 2 heterocycles. The Morgan fingerprint density at radius 2 is 0.837 bits per heavy atom. The summed E-state index contributed by atoms with van der Waals surface area (Å²) in [6.07, 6.45) is 10.7. The van der Waals surface area contributed by atoms with E-state index in [2.05, 4.69) is 0 Å². The van der Waals surface area contributed by atoms with Crippen LogP contribution in [0.15, 0.2) is 60.7 Å². The van der Waals surface area contributed by atoms with Crippen LogP contribution in [0.3, 0.4) is 0 Å². The maximum atomic E-state index is 12.5. The molecule has 4 N–H and O–H groups in total. The molecule has 2 amide bonds. The standard InChI is InChI=1S/2C19H25NO3.Ca.2H2O/c2*21-18(20-12-15-8-4-5-9-16(15)13-20)11-17(19(22)23)10-14-6-2-1-3-7-14;;;/h2*1-3,6-7,15-17H,4-5,8-13H2,(H,22,23);;2*1H2/q;;+2;;/p-2/t2*15-,16+,17-;;;/m00.../s1. The van der Waals surface area contributed by atoms with E-state index >= 15 is 0 Å². The fourth-order valence-electron chi connectivity index (χ4n) is 8.17. The van der Waals surface area contributed by atoms with Gasteiger partial charge in [-0.3, -0.25) is 9.59 Å². The molecule has 0 aromatic heterocycles. The molecule has 11 heteroatoms. The molecule has 49 heavy (non-hydrogen) atoms. The van der Waals surface area contributed by atoms with Gasteiger partial charge in [-0.25, -0.2) is 0 Å². The molecular formula is C38H52CaN2O8. The van der Waals surface area contributed by atoms with Gasteiger partial charge in [0, 0.05) is 62.8 Å². The van der Waals surface area contributed by atoms with Crippen LogP contribution in [0.25, 0.3) is 0 Å². The van der Waals surface area contributed by atoms with Gasteiger partial charge in [-0.15, -0.1) is 0 Å². The van der Waals surface area contributed by atoms with Crippen molar-refractivity contribution >= 4 is 61.5 Å². The van der Waals surface area contributed by atoms with Crippen molar-refractivity contribution in [3.63, 3.8) is 0 Å². The van der Waals surface area contributed by atoms with Gasteiger partial charge in [-0.05, 0) is 73.3 Å². The van der Waals surface area contributed by atoms with Crippen molar-refractivity contribution in [1.29, 1.82) is 0 Å². The minimum absolute atomic E-state index is 0. The van der Waals surface area contributed by atoms with Crippen LogP contribution in [0.5, 0.6) is 0 Å². The molecule has 264 valence electrons. The summed E-state index contributed by atoms with van der Waals surface area (Å²) in [4.78, 5) is 51.7. The zero-order chi connectivity index (χ0) is 32.5. The van der Waals surface area contributed by atoms with E-state index in [9.17, 15) is 29.4 Å². The molecule has 6 rings (SSSR count). The van der Waals surface area contributed by atoms with Crippen LogP contribution in [0.1, 0.15) is 75.3 Å². The number of hydrogen-bond donors (Lipinski definition) is 0. The molecule has 2 saturated carbocycles. The van der Waals surface area contributed by atoms with E-state index in [1.54, 1.807) is 0 Å². The number of rotatable bonds is 10. The summed E-state index contributed by atoms with van der Waals surface area (Å²) in [6, 6.07) is 18.9. The maximum absolute atomic E-state index is 12.5. The summed E-state index contributed by atoms with van der Waals surface area (Å²) in [5.74, 6) is -1.27. The monoisotopic (exact) mass is 704 g/mol. The molecular weight excluding hydrogens is 653 g/mol. The Morgan fingerprint density at radius 3 is 1.10 bits per heavy atom. The maximum Gasteiger partial charge on any atom is 2.00 e. The van der Waals surface area contributed by atoms with Crippen LogP contribution in [-0.2, 0) is 32.0 Å². The minimum atomic E-state index is -1.13. The molecule has 0 radical (unpaired) electrons. The summed E-state index contributed by atoms with van der Waals surface area (Å²) in [5, 5.41) is 22.8. The Kier molecular flexibility index (Phi) is 18.3. The fourth-order valence-corrected chi connectivity index (χ4v) is 8.17.